The SMILES string of the molecule is C=CCO[C@@H]1CCN(C(=O)NC2CC2)[C@@H]1Cc1cnn(C)c1. The van der Waals surface area contributed by atoms with Crippen LogP contribution in [0.5, 0.6) is 0 Å². The summed E-state index contributed by atoms with van der Waals surface area (Å²) in [6, 6.07) is 0.476. The number of aryl methyl sites for hydroxylation is 1. The molecule has 1 saturated heterocycles. The molecule has 1 N–H and O–H groups in total. The van der Waals surface area contributed by atoms with Gasteiger partial charge in [-0.05, 0) is 31.2 Å². The summed E-state index contributed by atoms with van der Waals surface area (Å²) in [5.41, 5.74) is 1.13. The van der Waals surface area contributed by atoms with Crippen molar-refractivity contribution in [1.82, 2.24) is 20.0 Å². The first-order valence-corrected chi connectivity index (χ1v) is 7.94. The van der Waals surface area contributed by atoms with Crippen LogP contribution in [0, 0.1) is 0 Å². The molecule has 2 aliphatic rings. The molecule has 3 rings (SSSR count). The maximum Gasteiger partial charge on any atom is 0.317 e. The Hall–Kier alpha value is -1.82. The van der Waals surface area contributed by atoms with Crippen LogP contribution in [0.2, 0.25) is 0 Å². The van der Waals surface area contributed by atoms with Crippen LogP contribution in [0.15, 0.2) is 25.0 Å². The lowest BCUT2D eigenvalue weighted by molar-refractivity contribution is 0.0496. The van der Waals surface area contributed by atoms with E-state index >= 15 is 0 Å². The molecule has 2 atom stereocenters. The Morgan fingerprint density at radius 1 is 1.55 bits per heavy atom. The Labute approximate surface area is 131 Å². The predicted molar refractivity (Wildman–Crippen MR) is 83.5 cm³/mol. The molecular formula is C16H24N4O2. The standard InChI is InChI=1S/C16H24N4O2/c1-3-8-22-15-6-7-20(16(21)18-13-4-5-13)14(15)9-12-10-17-19(2)11-12/h3,10-11,13-15H,1,4-9H2,2H3,(H,18,21)/t14-,15-/m1/s1. The van der Waals surface area contributed by atoms with E-state index < -0.39 is 0 Å². The van der Waals surface area contributed by atoms with Crippen LogP contribution in [0.1, 0.15) is 24.8 Å². The normalized spacial score (nSPS) is 24.5. The Balaban J connectivity index is 1.69. The number of ether oxygens (including phenoxy) is 1. The molecule has 1 aromatic rings. The Kier molecular flexibility index (Phi) is 4.47. The Morgan fingerprint density at radius 3 is 3.00 bits per heavy atom. The van der Waals surface area contributed by atoms with E-state index in [1.54, 1.807) is 10.8 Å². The molecule has 0 bridgehead atoms. The van der Waals surface area contributed by atoms with Gasteiger partial charge >= 0.3 is 6.03 Å². The molecule has 2 amide bonds. The van der Waals surface area contributed by atoms with Crippen molar-refractivity contribution in [2.24, 2.45) is 7.05 Å². The summed E-state index contributed by atoms with van der Waals surface area (Å²) in [7, 11) is 1.90. The highest BCUT2D eigenvalue weighted by atomic mass is 16.5. The summed E-state index contributed by atoms with van der Waals surface area (Å²) in [5.74, 6) is 0. The fourth-order valence-electron chi connectivity index (χ4n) is 3.01. The average molecular weight is 304 g/mol. The van der Waals surface area contributed by atoms with E-state index in [2.05, 4.69) is 17.0 Å². The molecule has 0 aromatic carbocycles. The van der Waals surface area contributed by atoms with Crippen molar-refractivity contribution < 1.29 is 9.53 Å². The lowest BCUT2D eigenvalue weighted by atomic mass is 10.0. The molecule has 0 spiro atoms. The molecule has 0 radical (unpaired) electrons. The monoisotopic (exact) mass is 304 g/mol. The maximum atomic E-state index is 12.4. The highest BCUT2D eigenvalue weighted by molar-refractivity contribution is 5.75. The van der Waals surface area contributed by atoms with Crippen LogP contribution in [0.3, 0.4) is 0 Å². The van der Waals surface area contributed by atoms with Crippen molar-refractivity contribution in [2.45, 2.75) is 43.9 Å². The zero-order valence-electron chi connectivity index (χ0n) is 13.1. The van der Waals surface area contributed by atoms with Crippen LogP contribution in [0.4, 0.5) is 4.79 Å². The second-order valence-electron chi connectivity index (χ2n) is 6.16. The number of aromatic nitrogens is 2. The molecule has 2 fully saturated rings. The van der Waals surface area contributed by atoms with Gasteiger partial charge in [-0.15, -0.1) is 6.58 Å². The van der Waals surface area contributed by atoms with E-state index in [9.17, 15) is 4.79 Å². The third-order valence-corrected chi connectivity index (χ3v) is 4.28. The molecule has 1 aliphatic carbocycles. The van der Waals surface area contributed by atoms with Gasteiger partial charge in [0, 0.05) is 25.8 Å². The van der Waals surface area contributed by atoms with Crippen molar-refractivity contribution in [3.8, 4) is 0 Å². The van der Waals surface area contributed by atoms with Crippen LogP contribution in [0.25, 0.3) is 0 Å². The third kappa shape index (κ3) is 3.50. The quantitative estimate of drug-likeness (QED) is 0.810. The molecule has 2 heterocycles. The van der Waals surface area contributed by atoms with Gasteiger partial charge in [-0.2, -0.15) is 5.10 Å². The number of nitrogens with one attached hydrogen (secondary N) is 1. The third-order valence-electron chi connectivity index (χ3n) is 4.28. The Bertz CT molecular complexity index is 538. The maximum absolute atomic E-state index is 12.4. The fraction of sp³-hybridized carbons (Fsp3) is 0.625. The summed E-state index contributed by atoms with van der Waals surface area (Å²) in [4.78, 5) is 14.4. The molecule has 120 valence electrons. The Morgan fingerprint density at radius 2 is 2.36 bits per heavy atom. The second-order valence-corrected chi connectivity index (χ2v) is 6.16. The second kappa shape index (κ2) is 6.52. The van der Waals surface area contributed by atoms with E-state index in [4.69, 9.17) is 4.74 Å². The minimum Gasteiger partial charge on any atom is -0.372 e. The van der Waals surface area contributed by atoms with E-state index in [0.29, 0.717) is 12.6 Å². The number of hydrogen-bond donors (Lipinski definition) is 1. The topological polar surface area (TPSA) is 59.4 Å². The van der Waals surface area contributed by atoms with Crippen LogP contribution >= 0.6 is 0 Å². The molecule has 1 aromatic heterocycles. The molecule has 1 saturated carbocycles. The number of urea groups is 1. The van der Waals surface area contributed by atoms with Crippen molar-refractivity contribution in [2.75, 3.05) is 13.2 Å². The van der Waals surface area contributed by atoms with Gasteiger partial charge in [0.1, 0.15) is 0 Å². The molecule has 0 unspecified atom stereocenters. The lowest BCUT2D eigenvalue weighted by Crippen LogP contribution is -2.47. The average Bonchev–Trinajstić information content (AvgIpc) is 3.07. The van der Waals surface area contributed by atoms with Gasteiger partial charge in [-0.1, -0.05) is 6.08 Å². The fourth-order valence-corrected chi connectivity index (χ4v) is 3.01. The molecule has 6 heteroatoms. The number of rotatable bonds is 6. The van der Waals surface area contributed by atoms with Gasteiger partial charge < -0.3 is 15.0 Å². The highest BCUT2D eigenvalue weighted by Gasteiger charge is 2.39. The molecule has 6 nitrogen and oxygen atoms in total. The van der Waals surface area contributed by atoms with Gasteiger partial charge in [0.25, 0.3) is 0 Å². The van der Waals surface area contributed by atoms with Crippen LogP contribution in [-0.2, 0) is 18.2 Å². The first-order valence-electron chi connectivity index (χ1n) is 7.94. The summed E-state index contributed by atoms with van der Waals surface area (Å²) >= 11 is 0. The summed E-state index contributed by atoms with van der Waals surface area (Å²) < 4.78 is 7.67. The van der Waals surface area contributed by atoms with Crippen molar-refractivity contribution in [3.05, 3.63) is 30.6 Å². The van der Waals surface area contributed by atoms with Crippen molar-refractivity contribution in [3.63, 3.8) is 0 Å². The number of nitrogens with zero attached hydrogens (tertiary/aromatic N) is 3. The number of carbonyl (C=O) groups excluding carboxylic acids is 1. The van der Waals surface area contributed by atoms with Gasteiger partial charge in [0.15, 0.2) is 0 Å². The van der Waals surface area contributed by atoms with E-state index in [0.717, 1.165) is 37.8 Å². The number of hydrogen-bond acceptors (Lipinski definition) is 3. The van der Waals surface area contributed by atoms with Crippen LogP contribution < -0.4 is 5.32 Å². The van der Waals surface area contributed by atoms with Gasteiger partial charge in [0.2, 0.25) is 0 Å². The minimum absolute atomic E-state index is 0.0427. The smallest absolute Gasteiger partial charge is 0.317 e. The van der Waals surface area contributed by atoms with E-state index in [-0.39, 0.29) is 18.2 Å². The summed E-state index contributed by atoms with van der Waals surface area (Å²) in [5, 5.41) is 7.30. The first-order chi connectivity index (χ1) is 10.7. The number of likely N-dealkylation sites (tertiary alicyclic amines) is 1. The first kappa shape index (κ1) is 15.1. The summed E-state index contributed by atoms with van der Waals surface area (Å²) in [6.45, 7) is 4.97. The summed E-state index contributed by atoms with van der Waals surface area (Å²) in [6.07, 6.45) is 9.52. The van der Waals surface area contributed by atoms with E-state index in [1.807, 2.05) is 24.3 Å². The number of carbonyl (C=O) groups is 1. The van der Waals surface area contributed by atoms with Gasteiger partial charge in [0.05, 0.1) is 24.9 Å². The molecule has 22 heavy (non-hydrogen) atoms. The van der Waals surface area contributed by atoms with Gasteiger partial charge in [-0.3, -0.25) is 4.68 Å². The highest BCUT2D eigenvalue weighted by Crippen LogP contribution is 2.26. The van der Waals surface area contributed by atoms with Crippen molar-refractivity contribution in [1.29, 1.82) is 0 Å². The van der Waals surface area contributed by atoms with Gasteiger partial charge in [-0.25, -0.2) is 4.79 Å². The predicted octanol–water partition coefficient (Wildman–Crippen LogP) is 1.48. The largest absolute Gasteiger partial charge is 0.372 e. The molecule has 1 aliphatic heterocycles. The lowest BCUT2D eigenvalue weighted by Gasteiger charge is -2.28. The van der Waals surface area contributed by atoms with Crippen molar-refractivity contribution >= 4 is 6.03 Å². The van der Waals surface area contributed by atoms with Crippen LogP contribution in [-0.4, -0.2) is 52.1 Å². The minimum atomic E-state index is 0.0427. The number of amides is 2. The molecular weight excluding hydrogens is 280 g/mol. The van der Waals surface area contributed by atoms with E-state index in [1.165, 1.54) is 0 Å². The zero-order chi connectivity index (χ0) is 15.5. The zero-order valence-corrected chi connectivity index (χ0v) is 13.1.